The van der Waals surface area contributed by atoms with Crippen LogP contribution >= 0.6 is 0 Å². The van der Waals surface area contributed by atoms with Crippen molar-refractivity contribution in [1.29, 1.82) is 0 Å². The Morgan fingerprint density at radius 1 is 0.889 bits per heavy atom. The summed E-state index contributed by atoms with van der Waals surface area (Å²) in [7, 11) is 0. The van der Waals surface area contributed by atoms with Crippen molar-refractivity contribution < 1.29 is 19.1 Å². The Balaban J connectivity index is 4.05. The molecule has 4 nitrogen and oxygen atoms in total. The fourth-order valence-corrected chi connectivity index (χ4v) is 0.756. The maximum Gasteiger partial charge on any atom is 0.331 e. The maximum atomic E-state index is 10.8. The van der Waals surface area contributed by atoms with E-state index in [2.05, 4.69) is 33.2 Å². The van der Waals surface area contributed by atoms with Crippen molar-refractivity contribution in [3.63, 3.8) is 0 Å². The molecule has 0 amide bonds. The largest absolute Gasteiger partial charge is 0.463 e. The van der Waals surface area contributed by atoms with Crippen LogP contribution < -0.4 is 0 Å². The standard InChI is InChI=1S/C14H14O4/c1-3-17-13(15)11-9-7-5-6-8-10-12-14(16)18-4-2/h9-12H,3-4H2,1-2H3/b11-9+,12-10+. The third-order valence-corrected chi connectivity index (χ3v) is 1.39. The first-order valence-corrected chi connectivity index (χ1v) is 5.38. The number of hydrogen-bond acceptors (Lipinski definition) is 4. The van der Waals surface area contributed by atoms with Crippen LogP contribution in [0.15, 0.2) is 24.3 Å². The summed E-state index contributed by atoms with van der Waals surface area (Å²) in [6, 6.07) is 0. The highest BCUT2D eigenvalue weighted by molar-refractivity contribution is 5.83. The van der Waals surface area contributed by atoms with Crippen LogP contribution in [-0.2, 0) is 19.1 Å². The molecule has 0 spiro atoms. The molecule has 0 saturated heterocycles. The van der Waals surface area contributed by atoms with Gasteiger partial charge in [0, 0.05) is 12.2 Å². The monoisotopic (exact) mass is 246 g/mol. The predicted octanol–water partition coefficient (Wildman–Crippen LogP) is 1.23. The average Bonchev–Trinajstić information content (AvgIpc) is 2.33. The third kappa shape index (κ3) is 10.1. The van der Waals surface area contributed by atoms with E-state index in [4.69, 9.17) is 0 Å². The number of carbonyl (C=O) groups excluding carboxylic acids is 2. The summed E-state index contributed by atoms with van der Waals surface area (Å²) in [5.41, 5.74) is 0. The van der Waals surface area contributed by atoms with Gasteiger partial charge in [-0.05, 0) is 37.8 Å². The molecule has 0 aromatic carbocycles. The Morgan fingerprint density at radius 2 is 1.28 bits per heavy atom. The summed E-state index contributed by atoms with van der Waals surface area (Å²) >= 11 is 0. The van der Waals surface area contributed by atoms with Crippen molar-refractivity contribution in [2.45, 2.75) is 13.8 Å². The van der Waals surface area contributed by atoms with E-state index >= 15 is 0 Å². The molecule has 0 unspecified atom stereocenters. The fraction of sp³-hybridized carbons (Fsp3) is 0.286. The molecule has 0 aliphatic rings. The van der Waals surface area contributed by atoms with Crippen LogP contribution in [0, 0.1) is 23.7 Å². The van der Waals surface area contributed by atoms with E-state index in [1.165, 1.54) is 24.3 Å². The molecule has 0 aliphatic heterocycles. The van der Waals surface area contributed by atoms with Crippen LogP contribution in [0.3, 0.4) is 0 Å². The van der Waals surface area contributed by atoms with Crippen molar-refractivity contribution in [3.05, 3.63) is 24.3 Å². The second-order valence-corrected chi connectivity index (χ2v) is 2.71. The first-order valence-electron chi connectivity index (χ1n) is 5.38. The molecule has 0 saturated carbocycles. The van der Waals surface area contributed by atoms with Gasteiger partial charge in [-0.15, -0.1) is 0 Å². The fourth-order valence-electron chi connectivity index (χ4n) is 0.756. The first kappa shape index (κ1) is 15.5. The molecule has 0 aromatic rings. The molecule has 0 N–H and O–H groups in total. The number of carbonyl (C=O) groups is 2. The molecular weight excluding hydrogens is 232 g/mol. The van der Waals surface area contributed by atoms with Crippen LogP contribution in [0.5, 0.6) is 0 Å². The summed E-state index contributed by atoms with van der Waals surface area (Å²) in [6.07, 6.45) is 5.13. The van der Waals surface area contributed by atoms with Gasteiger partial charge in [0.15, 0.2) is 0 Å². The van der Waals surface area contributed by atoms with Gasteiger partial charge in [-0.1, -0.05) is 11.8 Å². The zero-order valence-electron chi connectivity index (χ0n) is 10.4. The van der Waals surface area contributed by atoms with Crippen LogP contribution in [0.1, 0.15) is 13.8 Å². The van der Waals surface area contributed by atoms with E-state index in [1.54, 1.807) is 13.8 Å². The third-order valence-electron chi connectivity index (χ3n) is 1.39. The molecule has 0 aliphatic carbocycles. The summed E-state index contributed by atoms with van der Waals surface area (Å²) in [5, 5.41) is 0. The summed E-state index contributed by atoms with van der Waals surface area (Å²) in [6.45, 7) is 4.10. The van der Waals surface area contributed by atoms with Gasteiger partial charge in [-0.3, -0.25) is 0 Å². The number of rotatable bonds is 4. The molecule has 0 rings (SSSR count). The lowest BCUT2D eigenvalue weighted by atomic mass is 10.4. The first-order chi connectivity index (χ1) is 8.70. The molecule has 0 fully saturated rings. The molecule has 0 bridgehead atoms. The highest BCUT2D eigenvalue weighted by Crippen LogP contribution is 1.80. The number of hydrogen-bond donors (Lipinski definition) is 0. The molecule has 94 valence electrons. The van der Waals surface area contributed by atoms with Crippen LogP contribution in [0.25, 0.3) is 0 Å². The van der Waals surface area contributed by atoms with Gasteiger partial charge < -0.3 is 9.47 Å². The van der Waals surface area contributed by atoms with Gasteiger partial charge in [-0.25, -0.2) is 9.59 Å². The minimum Gasteiger partial charge on any atom is -0.463 e. The van der Waals surface area contributed by atoms with Crippen LogP contribution in [0.4, 0.5) is 0 Å². The molecule has 0 aromatic heterocycles. The molecular formula is C14H14O4. The van der Waals surface area contributed by atoms with E-state index in [1.807, 2.05) is 0 Å². The summed E-state index contributed by atoms with van der Waals surface area (Å²) in [5.74, 6) is 9.14. The van der Waals surface area contributed by atoms with Gasteiger partial charge >= 0.3 is 11.9 Å². The molecule has 0 radical (unpaired) electrons. The minimum atomic E-state index is -0.443. The molecule has 0 heterocycles. The van der Waals surface area contributed by atoms with E-state index < -0.39 is 11.9 Å². The number of allylic oxidation sites excluding steroid dienone is 2. The topological polar surface area (TPSA) is 52.6 Å². The van der Waals surface area contributed by atoms with Crippen LogP contribution in [0.2, 0.25) is 0 Å². The van der Waals surface area contributed by atoms with E-state index in [9.17, 15) is 9.59 Å². The van der Waals surface area contributed by atoms with Crippen LogP contribution in [-0.4, -0.2) is 25.2 Å². The summed E-state index contributed by atoms with van der Waals surface area (Å²) < 4.78 is 9.29. The Labute approximate surface area is 107 Å². The molecule has 4 heteroatoms. The zero-order valence-corrected chi connectivity index (χ0v) is 10.4. The second kappa shape index (κ2) is 11.0. The van der Waals surface area contributed by atoms with E-state index in [-0.39, 0.29) is 0 Å². The zero-order chi connectivity index (χ0) is 13.6. The molecule has 18 heavy (non-hydrogen) atoms. The van der Waals surface area contributed by atoms with Crippen molar-refractivity contribution in [3.8, 4) is 23.7 Å². The average molecular weight is 246 g/mol. The number of esters is 2. The van der Waals surface area contributed by atoms with E-state index in [0.717, 1.165) is 0 Å². The minimum absolute atomic E-state index is 0.328. The highest BCUT2D eigenvalue weighted by atomic mass is 16.5. The van der Waals surface area contributed by atoms with Gasteiger partial charge in [0.05, 0.1) is 13.2 Å². The van der Waals surface area contributed by atoms with Crippen molar-refractivity contribution in [2.75, 3.05) is 13.2 Å². The lowest BCUT2D eigenvalue weighted by Crippen LogP contribution is -1.98. The Kier molecular flexibility index (Phi) is 9.53. The normalized spacial score (nSPS) is 9.22. The highest BCUT2D eigenvalue weighted by Gasteiger charge is 1.90. The van der Waals surface area contributed by atoms with Gasteiger partial charge in [0.2, 0.25) is 0 Å². The Hall–Kier alpha value is -2.46. The lowest BCUT2D eigenvalue weighted by molar-refractivity contribution is -0.138. The number of ether oxygens (including phenoxy) is 2. The second-order valence-electron chi connectivity index (χ2n) is 2.71. The van der Waals surface area contributed by atoms with Crippen molar-refractivity contribution in [2.24, 2.45) is 0 Å². The van der Waals surface area contributed by atoms with Gasteiger partial charge in [0.1, 0.15) is 0 Å². The Bertz CT molecular complexity index is 406. The Morgan fingerprint density at radius 3 is 1.61 bits per heavy atom. The maximum absolute atomic E-state index is 10.8. The lowest BCUT2D eigenvalue weighted by Gasteiger charge is -1.91. The SMILES string of the molecule is CCOC(=O)/C=C/C#CC#C/C=C/C(=O)OCC. The quantitative estimate of drug-likeness (QED) is 0.425. The smallest absolute Gasteiger partial charge is 0.331 e. The summed E-state index contributed by atoms with van der Waals surface area (Å²) in [4.78, 5) is 21.7. The van der Waals surface area contributed by atoms with Crippen molar-refractivity contribution >= 4 is 11.9 Å². The van der Waals surface area contributed by atoms with Gasteiger partial charge in [0.25, 0.3) is 0 Å². The van der Waals surface area contributed by atoms with E-state index in [0.29, 0.717) is 13.2 Å². The van der Waals surface area contributed by atoms with Gasteiger partial charge in [-0.2, -0.15) is 0 Å². The predicted molar refractivity (Wildman–Crippen MR) is 67.1 cm³/mol. The van der Waals surface area contributed by atoms with Crippen molar-refractivity contribution in [1.82, 2.24) is 0 Å². The molecule has 0 atom stereocenters.